The van der Waals surface area contributed by atoms with Gasteiger partial charge in [0.25, 0.3) is 6.43 Å². The molecule has 2 nitrogen and oxygen atoms in total. The van der Waals surface area contributed by atoms with Gasteiger partial charge in [-0.25, -0.2) is 8.78 Å². The zero-order valence-corrected chi connectivity index (χ0v) is 8.84. The molecular weight excluding hydrogens is 200 g/mol. The van der Waals surface area contributed by atoms with E-state index in [1.165, 1.54) is 6.92 Å². The van der Waals surface area contributed by atoms with Crippen LogP contribution >= 0.6 is 0 Å². The zero-order valence-electron chi connectivity index (χ0n) is 8.84. The molecule has 2 N–H and O–H groups in total. The van der Waals surface area contributed by atoms with E-state index in [1.54, 1.807) is 31.4 Å². The molecule has 15 heavy (non-hydrogen) atoms. The van der Waals surface area contributed by atoms with E-state index in [0.717, 1.165) is 5.56 Å². The van der Waals surface area contributed by atoms with Crippen LogP contribution in [0.15, 0.2) is 24.3 Å². The van der Waals surface area contributed by atoms with Gasteiger partial charge in [-0.15, -0.1) is 0 Å². The summed E-state index contributed by atoms with van der Waals surface area (Å²) in [6.07, 6.45) is -2.58. The lowest BCUT2D eigenvalue weighted by molar-refractivity contribution is 0.0625. The smallest absolute Gasteiger partial charge is 0.260 e. The fourth-order valence-electron chi connectivity index (χ4n) is 1.25. The Morgan fingerprint density at radius 1 is 1.33 bits per heavy atom. The van der Waals surface area contributed by atoms with Crippen molar-refractivity contribution in [2.24, 2.45) is 5.73 Å². The highest BCUT2D eigenvalue weighted by Gasteiger charge is 2.31. The maximum atomic E-state index is 12.6. The molecule has 0 bridgehead atoms. The van der Waals surface area contributed by atoms with Gasteiger partial charge in [-0.1, -0.05) is 24.3 Å². The second-order valence-electron chi connectivity index (χ2n) is 3.71. The number of rotatable bonds is 4. The normalized spacial score (nSPS) is 15.3. The first-order valence-corrected chi connectivity index (χ1v) is 4.64. The Bertz CT molecular complexity index is 309. The van der Waals surface area contributed by atoms with Crippen LogP contribution in [0, 0.1) is 0 Å². The van der Waals surface area contributed by atoms with Gasteiger partial charge in [-0.05, 0) is 18.1 Å². The van der Waals surface area contributed by atoms with Gasteiger partial charge in [0.05, 0.1) is 12.1 Å². The summed E-state index contributed by atoms with van der Waals surface area (Å²) in [4.78, 5) is 0. The molecule has 0 aromatic heterocycles. The lowest BCUT2D eigenvalue weighted by Crippen LogP contribution is -2.40. The maximum absolute atomic E-state index is 12.6. The van der Waals surface area contributed by atoms with E-state index in [-0.39, 0.29) is 0 Å². The summed E-state index contributed by atoms with van der Waals surface area (Å²) < 4.78 is 30.1. The molecule has 0 aliphatic rings. The summed E-state index contributed by atoms with van der Waals surface area (Å²) in [5.74, 6) is 0. The van der Waals surface area contributed by atoms with E-state index in [0.29, 0.717) is 12.2 Å². The van der Waals surface area contributed by atoms with Gasteiger partial charge in [-0.2, -0.15) is 0 Å². The van der Waals surface area contributed by atoms with Crippen molar-refractivity contribution in [2.75, 3.05) is 7.11 Å². The Morgan fingerprint density at radius 2 is 1.87 bits per heavy atom. The highest BCUT2D eigenvalue weighted by Crippen LogP contribution is 2.25. The number of methoxy groups -OCH3 is 1. The molecule has 1 aromatic carbocycles. The number of nitrogens with two attached hydrogens (primary N) is 1. The maximum Gasteiger partial charge on any atom is 0.260 e. The summed E-state index contributed by atoms with van der Waals surface area (Å²) in [5, 5.41) is 0. The van der Waals surface area contributed by atoms with E-state index >= 15 is 0 Å². The molecule has 84 valence electrons. The zero-order chi connectivity index (χ0) is 11.5. The second kappa shape index (κ2) is 4.68. The van der Waals surface area contributed by atoms with Gasteiger partial charge >= 0.3 is 0 Å². The quantitative estimate of drug-likeness (QED) is 0.836. The van der Waals surface area contributed by atoms with Crippen LogP contribution in [0.25, 0.3) is 0 Å². The largest absolute Gasteiger partial charge is 0.380 e. The monoisotopic (exact) mass is 215 g/mol. The minimum atomic E-state index is -2.58. The topological polar surface area (TPSA) is 35.2 Å². The number of alkyl halides is 2. The molecule has 0 radical (unpaired) electrons. The third-order valence-electron chi connectivity index (χ3n) is 2.34. The number of halogens is 2. The summed E-state index contributed by atoms with van der Waals surface area (Å²) in [6.45, 7) is 1.79. The second-order valence-corrected chi connectivity index (χ2v) is 3.71. The SMILES string of the molecule is COCc1ccc(C(C)(N)C(F)F)cc1. The van der Waals surface area contributed by atoms with Gasteiger partial charge < -0.3 is 10.5 Å². The number of hydrogen-bond acceptors (Lipinski definition) is 2. The fraction of sp³-hybridized carbons (Fsp3) is 0.455. The highest BCUT2D eigenvalue weighted by molar-refractivity contribution is 5.28. The van der Waals surface area contributed by atoms with Gasteiger partial charge in [0.1, 0.15) is 0 Å². The van der Waals surface area contributed by atoms with Crippen LogP contribution in [0.5, 0.6) is 0 Å². The van der Waals surface area contributed by atoms with Crippen LogP contribution in [0.1, 0.15) is 18.1 Å². The van der Waals surface area contributed by atoms with Crippen molar-refractivity contribution in [2.45, 2.75) is 25.5 Å². The Hall–Kier alpha value is -1.00. The third kappa shape index (κ3) is 2.73. The predicted octanol–water partition coefficient (Wildman–Crippen LogP) is 2.27. The third-order valence-corrected chi connectivity index (χ3v) is 2.34. The molecule has 0 saturated carbocycles. The molecule has 0 spiro atoms. The summed E-state index contributed by atoms with van der Waals surface area (Å²) in [7, 11) is 1.58. The van der Waals surface area contributed by atoms with Crippen LogP contribution in [0.4, 0.5) is 8.78 Å². The van der Waals surface area contributed by atoms with Crippen LogP contribution in [-0.4, -0.2) is 13.5 Å². The van der Waals surface area contributed by atoms with Gasteiger partial charge in [0.2, 0.25) is 0 Å². The first-order chi connectivity index (χ1) is 6.98. The van der Waals surface area contributed by atoms with Crippen LogP contribution < -0.4 is 5.73 Å². The van der Waals surface area contributed by atoms with Crippen molar-refractivity contribution in [3.63, 3.8) is 0 Å². The first kappa shape index (κ1) is 12.1. The lowest BCUT2D eigenvalue weighted by atomic mass is 9.93. The molecular formula is C11H15F2NO. The van der Waals surface area contributed by atoms with Crippen molar-refractivity contribution >= 4 is 0 Å². The van der Waals surface area contributed by atoms with E-state index in [9.17, 15) is 8.78 Å². The molecule has 0 amide bonds. The Labute approximate surface area is 88.0 Å². The van der Waals surface area contributed by atoms with Gasteiger partial charge in [0, 0.05) is 7.11 Å². The van der Waals surface area contributed by atoms with Gasteiger partial charge in [0.15, 0.2) is 0 Å². The molecule has 0 aliphatic heterocycles. The van der Waals surface area contributed by atoms with E-state index in [1.807, 2.05) is 0 Å². The van der Waals surface area contributed by atoms with E-state index < -0.39 is 12.0 Å². The number of benzene rings is 1. The van der Waals surface area contributed by atoms with Crippen molar-refractivity contribution in [3.05, 3.63) is 35.4 Å². The Morgan fingerprint density at radius 3 is 2.27 bits per heavy atom. The minimum absolute atomic E-state index is 0.428. The predicted molar refractivity (Wildman–Crippen MR) is 54.7 cm³/mol. The number of ether oxygens (including phenoxy) is 1. The average molecular weight is 215 g/mol. The first-order valence-electron chi connectivity index (χ1n) is 4.64. The Kier molecular flexibility index (Phi) is 3.77. The molecule has 1 aromatic rings. The lowest BCUT2D eigenvalue weighted by Gasteiger charge is -2.24. The molecule has 0 saturated heterocycles. The standard InChI is InChI=1S/C11H15F2NO/c1-11(14,10(12)13)9-5-3-8(4-6-9)7-15-2/h3-6,10H,7,14H2,1-2H3. The summed E-state index contributed by atoms with van der Waals surface area (Å²) >= 11 is 0. The molecule has 1 unspecified atom stereocenters. The molecule has 0 fully saturated rings. The van der Waals surface area contributed by atoms with Crippen LogP contribution in [-0.2, 0) is 16.9 Å². The van der Waals surface area contributed by atoms with Crippen molar-refractivity contribution in [3.8, 4) is 0 Å². The average Bonchev–Trinajstić information content (AvgIpc) is 2.19. The highest BCUT2D eigenvalue weighted by atomic mass is 19.3. The molecule has 1 rings (SSSR count). The minimum Gasteiger partial charge on any atom is -0.380 e. The molecule has 1 atom stereocenters. The Balaban J connectivity index is 2.88. The number of hydrogen-bond donors (Lipinski definition) is 1. The summed E-state index contributed by atoms with van der Waals surface area (Å²) in [6, 6.07) is 6.71. The molecule has 0 heterocycles. The fourth-order valence-corrected chi connectivity index (χ4v) is 1.25. The molecule has 0 aliphatic carbocycles. The van der Waals surface area contributed by atoms with E-state index in [4.69, 9.17) is 10.5 Å². The summed E-state index contributed by atoms with van der Waals surface area (Å²) in [5.41, 5.74) is 5.30. The molecule has 4 heteroatoms. The van der Waals surface area contributed by atoms with Crippen LogP contribution in [0.2, 0.25) is 0 Å². The van der Waals surface area contributed by atoms with Crippen molar-refractivity contribution in [1.29, 1.82) is 0 Å². The van der Waals surface area contributed by atoms with Gasteiger partial charge in [-0.3, -0.25) is 0 Å². The van der Waals surface area contributed by atoms with Crippen LogP contribution in [0.3, 0.4) is 0 Å². The van der Waals surface area contributed by atoms with Crippen molar-refractivity contribution in [1.82, 2.24) is 0 Å². The van der Waals surface area contributed by atoms with E-state index in [2.05, 4.69) is 0 Å². The van der Waals surface area contributed by atoms with Crippen molar-refractivity contribution < 1.29 is 13.5 Å².